The van der Waals surface area contributed by atoms with Crippen molar-refractivity contribution in [3.63, 3.8) is 0 Å². The van der Waals surface area contributed by atoms with E-state index < -0.39 is 0 Å². The fourth-order valence-electron chi connectivity index (χ4n) is 2.83. The maximum atomic E-state index is 12.9. The van der Waals surface area contributed by atoms with E-state index >= 15 is 0 Å². The van der Waals surface area contributed by atoms with Crippen molar-refractivity contribution in [2.24, 2.45) is 0 Å². The molecule has 5 nitrogen and oxygen atoms in total. The minimum absolute atomic E-state index is 0.215. The third kappa shape index (κ3) is 6.59. The zero-order valence-electron chi connectivity index (χ0n) is 16.2. The van der Waals surface area contributed by atoms with Gasteiger partial charge in [0.05, 0.1) is 13.2 Å². The van der Waals surface area contributed by atoms with Crippen LogP contribution >= 0.6 is 0 Å². The number of rotatable bonds is 6. The van der Waals surface area contributed by atoms with Crippen LogP contribution in [0.15, 0.2) is 84.6 Å². The summed E-state index contributed by atoms with van der Waals surface area (Å²) < 4.78 is 5.31. The van der Waals surface area contributed by atoms with Crippen LogP contribution in [0.2, 0.25) is 0 Å². The Balaban J connectivity index is 1.73. The average Bonchev–Trinajstić information content (AvgIpc) is 2.78. The van der Waals surface area contributed by atoms with Crippen molar-refractivity contribution in [1.82, 2.24) is 10.2 Å². The van der Waals surface area contributed by atoms with E-state index in [-0.39, 0.29) is 17.5 Å². The van der Waals surface area contributed by atoms with Gasteiger partial charge in [0.15, 0.2) is 0 Å². The monoisotopic (exact) mass is 388 g/mol. The van der Waals surface area contributed by atoms with Crippen LogP contribution < -0.4 is 5.32 Å². The number of benzene rings is 2. The van der Waals surface area contributed by atoms with Crippen LogP contribution in [0.4, 0.5) is 0 Å². The minimum atomic E-state index is -0.352. The van der Waals surface area contributed by atoms with Crippen LogP contribution in [0.3, 0.4) is 0 Å². The van der Waals surface area contributed by atoms with Gasteiger partial charge in [-0.2, -0.15) is 0 Å². The summed E-state index contributed by atoms with van der Waals surface area (Å²) >= 11 is 0. The SMILES string of the molecule is O=C(/C=C/c1ccccc1)NC(=C/C=C/c1ccccc1)C(=O)N1CCOCC1. The molecule has 0 saturated carbocycles. The Labute approximate surface area is 171 Å². The van der Waals surface area contributed by atoms with E-state index in [1.165, 1.54) is 6.08 Å². The number of morpholine rings is 1. The van der Waals surface area contributed by atoms with Crippen molar-refractivity contribution < 1.29 is 14.3 Å². The highest BCUT2D eigenvalue weighted by Gasteiger charge is 2.21. The lowest BCUT2D eigenvalue weighted by atomic mass is 10.2. The Morgan fingerprint density at radius 3 is 2.07 bits per heavy atom. The van der Waals surface area contributed by atoms with Gasteiger partial charge in [-0.15, -0.1) is 0 Å². The normalized spacial score (nSPS) is 15.0. The van der Waals surface area contributed by atoms with Crippen LogP contribution in [0, 0.1) is 0 Å². The van der Waals surface area contributed by atoms with Gasteiger partial charge in [0.1, 0.15) is 5.70 Å². The molecule has 148 valence electrons. The molecule has 0 atom stereocenters. The molecule has 5 heteroatoms. The zero-order valence-corrected chi connectivity index (χ0v) is 16.2. The molecular weight excluding hydrogens is 364 g/mol. The molecule has 29 heavy (non-hydrogen) atoms. The van der Waals surface area contributed by atoms with E-state index in [1.807, 2.05) is 66.7 Å². The molecule has 2 amide bonds. The van der Waals surface area contributed by atoms with Crippen LogP contribution in [0.5, 0.6) is 0 Å². The number of carbonyl (C=O) groups is 2. The van der Waals surface area contributed by atoms with Crippen molar-refractivity contribution in [3.8, 4) is 0 Å². The molecule has 2 aromatic rings. The summed E-state index contributed by atoms with van der Waals surface area (Å²) in [6, 6.07) is 19.3. The van der Waals surface area contributed by atoms with Crippen LogP contribution in [-0.2, 0) is 14.3 Å². The van der Waals surface area contributed by atoms with E-state index in [1.54, 1.807) is 23.1 Å². The van der Waals surface area contributed by atoms with E-state index in [0.717, 1.165) is 11.1 Å². The highest BCUT2D eigenvalue weighted by Crippen LogP contribution is 2.07. The topological polar surface area (TPSA) is 58.6 Å². The molecule has 1 aliphatic heterocycles. The van der Waals surface area contributed by atoms with Gasteiger partial charge in [0, 0.05) is 19.2 Å². The number of hydrogen-bond donors (Lipinski definition) is 1. The van der Waals surface area contributed by atoms with Gasteiger partial charge in [-0.05, 0) is 23.3 Å². The average molecular weight is 388 g/mol. The Morgan fingerprint density at radius 1 is 0.862 bits per heavy atom. The van der Waals surface area contributed by atoms with Gasteiger partial charge < -0.3 is 15.0 Å². The molecule has 1 aliphatic rings. The Kier molecular flexibility index (Phi) is 7.55. The van der Waals surface area contributed by atoms with Crippen LogP contribution in [0.25, 0.3) is 12.2 Å². The fraction of sp³-hybridized carbons (Fsp3) is 0.167. The van der Waals surface area contributed by atoms with Gasteiger partial charge in [-0.1, -0.05) is 72.8 Å². The maximum absolute atomic E-state index is 12.9. The molecule has 1 N–H and O–H groups in total. The van der Waals surface area contributed by atoms with Crippen molar-refractivity contribution in [2.75, 3.05) is 26.3 Å². The summed E-state index contributed by atoms with van der Waals surface area (Å²) in [7, 11) is 0. The van der Waals surface area contributed by atoms with Crippen molar-refractivity contribution >= 4 is 24.0 Å². The molecule has 0 spiro atoms. The lowest BCUT2D eigenvalue weighted by molar-refractivity contribution is -0.132. The van der Waals surface area contributed by atoms with Gasteiger partial charge in [0.25, 0.3) is 5.91 Å². The number of nitrogens with one attached hydrogen (secondary N) is 1. The Bertz CT molecular complexity index is 896. The second kappa shape index (κ2) is 10.8. The standard InChI is InChI=1S/C24H24N2O3/c27-23(15-14-21-10-5-2-6-11-21)25-22(24(28)26-16-18-29-19-17-26)13-7-12-20-8-3-1-4-9-20/h1-15H,16-19H2,(H,25,27)/b12-7+,15-14+,22-13?. The summed E-state index contributed by atoms with van der Waals surface area (Å²) in [6.07, 6.45) is 8.43. The van der Waals surface area contributed by atoms with Crippen molar-refractivity contribution in [1.29, 1.82) is 0 Å². The Hall–Kier alpha value is -3.44. The molecule has 2 aromatic carbocycles. The van der Waals surface area contributed by atoms with E-state index in [0.29, 0.717) is 26.3 Å². The number of ether oxygens (including phenoxy) is 1. The molecule has 0 bridgehead atoms. The van der Waals surface area contributed by atoms with E-state index in [9.17, 15) is 9.59 Å². The summed E-state index contributed by atoms with van der Waals surface area (Å²) in [4.78, 5) is 27.0. The van der Waals surface area contributed by atoms with Crippen molar-refractivity contribution in [3.05, 3.63) is 95.7 Å². The quantitative estimate of drug-likeness (QED) is 0.610. The lowest BCUT2D eigenvalue weighted by Crippen LogP contribution is -2.44. The van der Waals surface area contributed by atoms with Crippen molar-refractivity contribution in [2.45, 2.75) is 0 Å². The third-order valence-electron chi connectivity index (χ3n) is 4.36. The second-order valence-corrected chi connectivity index (χ2v) is 6.49. The van der Waals surface area contributed by atoms with Crippen LogP contribution in [-0.4, -0.2) is 43.0 Å². The predicted octanol–water partition coefficient (Wildman–Crippen LogP) is 3.27. The summed E-state index contributed by atoms with van der Waals surface area (Å²) in [6.45, 7) is 2.02. The molecular formula is C24H24N2O3. The van der Waals surface area contributed by atoms with Gasteiger partial charge in [-0.3, -0.25) is 9.59 Å². The zero-order chi connectivity index (χ0) is 20.3. The number of carbonyl (C=O) groups excluding carboxylic acids is 2. The first kappa shape index (κ1) is 20.3. The number of allylic oxidation sites excluding steroid dienone is 2. The number of nitrogens with zero attached hydrogens (tertiary/aromatic N) is 1. The highest BCUT2D eigenvalue weighted by atomic mass is 16.5. The summed E-state index contributed by atoms with van der Waals surface area (Å²) in [5.41, 5.74) is 2.16. The van der Waals surface area contributed by atoms with Gasteiger partial charge in [-0.25, -0.2) is 0 Å². The smallest absolute Gasteiger partial charge is 0.270 e. The summed E-state index contributed by atoms with van der Waals surface area (Å²) in [5, 5.41) is 2.72. The second-order valence-electron chi connectivity index (χ2n) is 6.49. The molecule has 3 rings (SSSR count). The third-order valence-corrected chi connectivity index (χ3v) is 4.36. The molecule has 1 heterocycles. The summed E-state index contributed by atoms with van der Waals surface area (Å²) in [5.74, 6) is -0.567. The largest absolute Gasteiger partial charge is 0.378 e. The number of amides is 2. The highest BCUT2D eigenvalue weighted by molar-refractivity contribution is 6.01. The van der Waals surface area contributed by atoms with E-state index in [2.05, 4.69) is 5.32 Å². The fourth-order valence-corrected chi connectivity index (χ4v) is 2.83. The van der Waals surface area contributed by atoms with Gasteiger partial charge >= 0.3 is 0 Å². The first-order valence-corrected chi connectivity index (χ1v) is 9.57. The lowest BCUT2D eigenvalue weighted by Gasteiger charge is -2.27. The molecule has 0 unspecified atom stereocenters. The first-order valence-electron chi connectivity index (χ1n) is 9.57. The molecule has 0 aliphatic carbocycles. The Morgan fingerprint density at radius 2 is 1.45 bits per heavy atom. The minimum Gasteiger partial charge on any atom is -0.378 e. The van der Waals surface area contributed by atoms with Crippen LogP contribution in [0.1, 0.15) is 11.1 Å². The molecule has 1 fully saturated rings. The number of hydrogen-bond acceptors (Lipinski definition) is 3. The van der Waals surface area contributed by atoms with Gasteiger partial charge in [0.2, 0.25) is 5.91 Å². The first-order chi connectivity index (χ1) is 14.2. The predicted molar refractivity (Wildman–Crippen MR) is 115 cm³/mol. The maximum Gasteiger partial charge on any atom is 0.270 e. The van der Waals surface area contributed by atoms with E-state index in [4.69, 9.17) is 4.74 Å². The molecule has 0 radical (unpaired) electrons. The molecule has 1 saturated heterocycles. The molecule has 0 aromatic heterocycles.